The summed E-state index contributed by atoms with van der Waals surface area (Å²) in [5.41, 5.74) is 5.78. The van der Waals surface area contributed by atoms with Crippen LogP contribution in [-0.4, -0.2) is 29.1 Å². The van der Waals surface area contributed by atoms with Gasteiger partial charge in [0, 0.05) is 6.42 Å². The van der Waals surface area contributed by atoms with E-state index in [1.54, 1.807) is 0 Å². The Morgan fingerprint density at radius 1 is 0.917 bits per heavy atom. The highest BCUT2D eigenvalue weighted by atomic mass is 35.5. The van der Waals surface area contributed by atoms with Gasteiger partial charge < -0.3 is 15.6 Å². The first kappa shape index (κ1) is 25.1. The molecule has 0 aromatic heterocycles. The molecule has 7 heteroatoms. The lowest BCUT2D eigenvalue weighted by atomic mass is 10.0. The molecule has 0 saturated carbocycles. The molecule has 24 heavy (non-hydrogen) atoms. The van der Waals surface area contributed by atoms with Crippen LogP contribution in [0.1, 0.15) is 84.0 Å². The number of carbonyl (C=O) groups is 3. The van der Waals surface area contributed by atoms with Crippen molar-refractivity contribution in [1.29, 1.82) is 0 Å². The van der Waals surface area contributed by atoms with Crippen LogP contribution in [0, 0.1) is 0 Å². The van der Waals surface area contributed by atoms with Gasteiger partial charge in [-0.2, -0.15) is 0 Å². The zero-order valence-corrected chi connectivity index (χ0v) is 15.4. The minimum Gasteiger partial charge on any atom is -0.449 e. The molecule has 0 amide bonds. The summed E-state index contributed by atoms with van der Waals surface area (Å²) in [5, 5.41) is 8.25. The van der Waals surface area contributed by atoms with Gasteiger partial charge in [-0.1, -0.05) is 64.7 Å². The monoisotopic (exact) mass is 365 g/mol. The zero-order valence-electron chi connectivity index (χ0n) is 14.6. The van der Waals surface area contributed by atoms with Gasteiger partial charge in [0.05, 0.1) is 12.5 Å². The summed E-state index contributed by atoms with van der Waals surface area (Å²) >= 11 is 0. The number of halogens is 1. The molecule has 0 aliphatic heterocycles. The number of nitrogens with two attached hydrogens (primary N) is 1. The molecule has 0 aromatic carbocycles. The molecular weight excluding hydrogens is 334 g/mol. The molecule has 0 aromatic rings. The third-order valence-corrected chi connectivity index (χ3v) is 3.81. The third-order valence-electron chi connectivity index (χ3n) is 3.81. The van der Waals surface area contributed by atoms with Gasteiger partial charge in [0.2, 0.25) is 0 Å². The van der Waals surface area contributed by atoms with Crippen molar-refractivity contribution in [2.45, 2.75) is 90.0 Å². The first-order chi connectivity index (χ1) is 11.0. The second-order valence-corrected chi connectivity index (χ2v) is 5.93. The number of unbranched alkanes of at least 4 members (excludes halogenated alkanes) is 8. The highest BCUT2D eigenvalue weighted by Crippen LogP contribution is 2.11. The Morgan fingerprint density at radius 2 is 1.42 bits per heavy atom. The van der Waals surface area contributed by atoms with E-state index in [1.807, 2.05) is 0 Å². The van der Waals surface area contributed by atoms with Gasteiger partial charge in [0.1, 0.15) is 5.78 Å². The van der Waals surface area contributed by atoms with E-state index in [0.717, 1.165) is 19.3 Å². The van der Waals surface area contributed by atoms with Crippen molar-refractivity contribution in [3.05, 3.63) is 0 Å². The quantitative estimate of drug-likeness (QED) is 0.271. The summed E-state index contributed by atoms with van der Waals surface area (Å²) < 4.78 is 3.93. The molecule has 0 spiro atoms. The Labute approximate surface area is 150 Å². The predicted molar refractivity (Wildman–Crippen MR) is 95.4 cm³/mol. The number of carbonyl (C=O) groups excluding carboxylic acids is 2. The van der Waals surface area contributed by atoms with E-state index in [9.17, 15) is 14.4 Å². The lowest BCUT2D eigenvalue weighted by molar-refractivity contribution is -0.140. The van der Waals surface area contributed by atoms with Gasteiger partial charge in [-0.15, -0.1) is 12.4 Å². The van der Waals surface area contributed by atoms with Crippen molar-refractivity contribution in [2.24, 2.45) is 5.73 Å². The molecule has 0 heterocycles. The molecule has 0 radical (unpaired) electrons. The van der Waals surface area contributed by atoms with E-state index in [0.29, 0.717) is 6.42 Å². The average molecular weight is 366 g/mol. The second kappa shape index (κ2) is 16.7. The molecule has 3 N–H and O–H groups in total. The van der Waals surface area contributed by atoms with Crippen molar-refractivity contribution < 1.29 is 24.2 Å². The molecule has 1 atom stereocenters. The number of hydrogen-bond acceptors (Lipinski definition) is 5. The number of carboxylic acid groups (broad SMARTS) is 1. The van der Waals surface area contributed by atoms with Crippen LogP contribution < -0.4 is 5.73 Å². The topological polar surface area (TPSA) is 107 Å². The van der Waals surface area contributed by atoms with E-state index in [4.69, 9.17) is 10.8 Å². The normalized spacial score (nSPS) is 11.4. The van der Waals surface area contributed by atoms with Crippen LogP contribution in [0.25, 0.3) is 0 Å². The minimum absolute atomic E-state index is 0. The number of ether oxygens (including phenoxy) is 1. The van der Waals surface area contributed by atoms with Gasteiger partial charge in [-0.3, -0.25) is 9.59 Å². The SMILES string of the molecule is CCCCCCCCCCCC(N)C(=O)CCC(=O)OC(=O)O.Cl. The smallest absolute Gasteiger partial charge is 0.449 e. The maximum atomic E-state index is 11.7. The van der Waals surface area contributed by atoms with E-state index < -0.39 is 18.2 Å². The molecule has 142 valence electrons. The van der Waals surface area contributed by atoms with Crippen LogP contribution in [0.5, 0.6) is 0 Å². The van der Waals surface area contributed by atoms with Gasteiger partial charge in [-0.05, 0) is 6.42 Å². The first-order valence-corrected chi connectivity index (χ1v) is 8.69. The molecule has 0 saturated heterocycles. The number of rotatable bonds is 14. The first-order valence-electron chi connectivity index (χ1n) is 8.69. The summed E-state index contributed by atoms with van der Waals surface area (Å²) in [6.45, 7) is 2.21. The van der Waals surface area contributed by atoms with E-state index in [-0.39, 0.29) is 31.0 Å². The number of ketones is 1. The standard InChI is InChI=1S/C17H31NO5.ClH/c1-2-3-4-5-6-7-8-9-10-11-14(18)15(19)12-13-16(20)23-17(21)22;/h14H,2-13,18H2,1H3,(H,21,22);1H. The van der Waals surface area contributed by atoms with Crippen LogP contribution in [0.2, 0.25) is 0 Å². The van der Waals surface area contributed by atoms with Crippen LogP contribution in [-0.2, 0) is 14.3 Å². The molecule has 0 aliphatic carbocycles. The Kier molecular flexibility index (Phi) is 17.5. The lowest BCUT2D eigenvalue weighted by Crippen LogP contribution is -2.30. The Morgan fingerprint density at radius 3 is 1.92 bits per heavy atom. The Bertz CT molecular complexity index is 363. The predicted octanol–water partition coefficient (Wildman–Crippen LogP) is 4.23. The minimum atomic E-state index is -1.65. The van der Waals surface area contributed by atoms with Gasteiger partial charge >= 0.3 is 12.1 Å². The highest BCUT2D eigenvalue weighted by molar-refractivity contribution is 5.88. The van der Waals surface area contributed by atoms with Crippen molar-refractivity contribution in [3.63, 3.8) is 0 Å². The number of hydrogen-bond donors (Lipinski definition) is 2. The average Bonchev–Trinajstić information content (AvgIpc) is 2.50. The number of Topliss-reactive ketones (excluding diaryl/α,β-unsaturated/α-hetero) is 1. The van der Waals surface area contributed by atoms with Crippen molar-refractivity contribution >= 4 is 30.3 Å². The molecule has 6 nitrogen and oxygen atoms in total. The fraction of sp³-hybridized carbons (Fsp3) is 0.824. The van der Waals surface area contributed by atoms with Crippen molar-refractivity contribution in [2.75, 3.05) is 0 Å². The molecule has 1 unspecified atom stereocenters. The Hall–Kier alpha value is -1.14. The summed E-state index contributed by atoms with van der Waals surface area (Å²) in [4.78, 5) is 32.9. The van der Waals surface area contributed by atoms with Crippen LogP contribution in [0.4, 0.5) is 4.79 Å². The second-order valence-electron chi connectivity index (χ2n) is 5.93. The molecule has 0 rings (SSSR count). The van der Waals surface area contributed by atoms with Crippen molar-refractivity contribution in [3.8, 4) is 0 Å². The van der Waals surface area contributed by atoms with Crippen molar-refractivity contribution in [1.82, 2.24) is 0 Å². The summed E-state index contributed by atoms with van der Waals surface area (Å²) in [5.74, 6) is -1.13. The van der Waals surface area contributed by atoms with Gasteiger partial charge in [0.25, 0.3) is 0 Å². The van der Waals surface area contributed by atoms with Crippen LogP contribution >= 0.6 is 12.4 Å². The summed E-state index contributed by atoms with van der Waals surface area (Å²) in [6.07, 6.45) is 9.50. The fourth-order valence-electron chi connectivity index (χ4n) is 2.39. The molecular formula is C17H32ClNO5. The van der Waals surface area contributed by atoms with E-state index in [2.05, 4.69) is 11.7 Å². The largest absolute Gasteiger partial charge is 0.513 e. The molecule has 0 aliphatic rings. The Balaban J connectivity index is 0. The van der Waals surface area contributed by atoms with Gasteiger partial charge in [0.15, 0.2) is 0 Å². The van der Waals surface area contributed by atoms with Gasteiger partial charge in [-0.25, -0.2) is 4.79 Å². The number of esters is 1. The van der Waals surface area contributed by atoms with E-state index in [1.165, 1.54) is 38.5 Å². The maximum Gasteiger partial charge on any atom is 0.513 e. The molecule has 0 bridgehead atoms. The molecule has 0 fully saturated rings. The van der Waals surface area contributed by atoms with Crippen LogP contribution in [0.3, 0.4) is 0 Å². The van der Waals surface area contributed by atoms with Crippen LogP contribution in [0.15, 0.2) is 0 Å². The lowest BCUT2D eigenvalue weighted by Gasteiger charge is -2.10. The van der Waals surface area contributed by atoms with E-state index >= 15 is 0 Å². The highest BCUT2D eigenvalue weighted by Gasteiger charge is 2.16. The summed E-state index contributed by atoms with van der Waals surface area (Å²) in [7, 11) is 0. The zero-order chi connectivity index (χ0) is 17.5. The fourth-order valence-corrected chi connectivity index (χ4v) is 2.39. The maximum absolute atomic E-state index is 11.7. The summed E-state index contributed by atoms with van der Waals surface area (Å²) in [6, 6.07) is -0.572. The third kappa shape index (κ3) is 15.7.